The highest BCUT2D eigenvalue weighted by Gasteiger charge is 2.14. The van der Waals surface area contributed by atoms with Crippen LogP contribution in [0.15, 0.2) is 51.4 Å². The lowest BCUT2D eigenvalue weighted by Gasteiger charge is -2.03. The minimum absolute atomic E-state index is 0.272. The Labute approximate surface area is 146 Å². The summed E-state index contributed by atoms with van der Waals surface area (Å²) in [7, 11) is 1.97. The molecule has 0 saturated heterocycles. The molecule has 0 spiro atoms. The van der Waals surface area contributed by atoms with Gasteiger partial charge in [0.15, 0.2) is 5.76 Å². The van der Waals surface area contributed by atoms with Crippen LogP contribution < -0.4 is 5.32 Å². The molecule has 6 heteroatoms. The zero-order chi connectivity index (χ0) is 16.8. The lowest BCUT2D eigenvalue weighted by atomic mass is 10.2. The molecule has 0 atom stereocenters. The Kier molecular flexibility index (Phi) is 3.42. The minimum atomic E-state index is -0.287. The Morgan fingerprint density at radius 3 is 2.88 bits per heavy atom. The molecule has 0 aliphatic rings. The number of nitrogens with zero attached hydrogens (tertiary/aromatic N) is 2. The number of rotatable bonds is 2. The van der Waals surface area contributed by atoms with Crippen molar-refractivity contribution in [1.82, 2.24) is 9.55 Å². The van der Waals surface area contributed by atoms with Gasteiger partial charge in [0.25, 0.3) is 5.91 Å². The Morgan fingerprint density at radius 1 is 1.25 bits per heavy atom. The molecule has 2 heterocycles. The SMILES string of the molecule is Cc1nc2cc(NC(=O)c3cc4c(Br)cccc4o3)ccc2n1C. The maximum absolute atomic E-state index is 12.5. The number of aryl methyl sites for hydroxylation is 2. The first kappa shape index (κ1) is 15.0. The maximum Gasteiger partial charge on any atom is 0.291 e. The standard InChI is InChI=1S/C18H14BrN3O2/c1-10-20-14-8-11(6-7-15(14)22(10)2)21-18(23)17-9-12-13(19)4-3-5-16(12)24-17/h3-9H,1-2H3,(H,21,23). The van der Waals surface area contributed by atoms with E-state index in [1.807, 2.05) is 54.9 Å². The molecule has 5 nitrogen and oxygen atoms in total. The average molecular weight is 384 g/mol. The molecule has 1 amide bonds. The van der Waals surface area contributed by atoms with Crippen LogP contribution >= 0.6 is 15.9 Å². The predicted molar refractivity (Wildman–Crippen MR) is 97.3 cm³/mol. The number of halogens is 1. The Morgan fingerprint density at radius 2 is 2.08 bits per heavy atom. The van der Waals surface area contributed by atoms with Gasteiger partial charge in [-0.15, -0.1) is 0 Å². The number of amides is 1. The van der Waals surface area contributed by atoms with Gasteiger partial charge >= 0.3 is 0 Å². The van der Waals surface area contributed by atoms with Crippen molar-refractivity contribution in [2.75, 3.05) is 5.32 Å². The van der Waals surface area contributed by atoms with Gasteiger partial charge in [0.1, 0.15) is 11.4 Å². The number of furan rings is 1. The summed E-state index contributed by atoms with van der Waals surface area (Å²) >= 11 is 3.46. The number of hydrogen-bond donors (Lipinski definition) is 1. The van der Waals surface area contributed by atoms with E-state index in [9.17, 15) is 4.79 Å². The normalized spacial score (nSPS) is 11.3. The molecule has 4 aromatic rings. The van der Waals surface area contributed by atoms with Crippen LogP contribution in [0, 0.1) is 6.92 Å². The summed E-state index contributed by atoms with van der Waals surface area (Å²) in [6, 6.07) is 13.0. The average Bonchev–Trinajstić information content (AvgIpc) is 3.11. The summed E-state index contributed by atoms with van der Waals surface area (Å²) in [6.07, 6.45) is 0. The third kappa shape index (κ3) is 2.39. The Bertz CT molecular complexity index is 1090. The van der Waals surface area contributed by atoms with Gasteiger partial charge in [-0.1, -0.05) is 22.0 Å². The monoisotopic (exact) mass is 383 g/mol. The number of carbonyl (C=O) groups excluding carboxylic acids is 1. The number of aromatic nitrogens is 2. The second-order valence-corrected chi connectivity index (χ2v) is 6.49. The van der Waals surface area contributed by atoms with Gasteiger partial charge in [0, 0.05) is 22.6 Å². The second kappa shape index (κ2) is 5.49. The summed E-state index contributed by atoms with van der Waals surface area (Å²) < 4.78 is 8.54. The fourth-order valence-corrected chi connectivity index (χ4v) is 3.19. The van der Waals surface area contributed by atoms with Gasteiger partial charge in [-0.25, -0.2) is 4.98 Å². The van der Waals surface area contributed by atoms with Crippen molar-refractivity contribution in [3.05, 3.63) is 58.5 Å². The van der Waals surface area contributed by atoms with E-state index in [0.29, 0.717) is 11.3 Å². The summed E-state index contributed by atoms with van der Waals surface area (Å²) in [5.74, 6) is 0.912. The molecule has 0 saturated carbocycles. The van der Waals surface area contributed by atoms with E-state index < -0.39 is 0 Å². The number of carbonyl (C=O) groups is 1. The first-order chi connectivity index (χ1) is 11.5. The van der Waals surface area contributed by atoms with Gasteiger partial charge in [-0.05, 0) is 43.3 Å². The summed E-state index contributed by atoms with van der Waals surface area (Å²) in [4.78, 5) is 16.9. The zero-order valence-electron chi connectivity index (χ0n) is 13.1. The van der Waals surface area contributed by atoms with Crippen molar-refractivity contribution in [3.8, 4) is 0 Å². The fraction of sp³-hybridized carbons (Fsp3) is 0.111. The largest absolute Gasteiger partial charge is 0.451 e. The molecular formula is C18H14BrN3O2. The van der Waals surface area contributed by atoms with Crippen LogP contribution in [-0.4, -0.2) is 15.5 Å². The Balaban J connectivity index is 1.66. The zero-order valence-corrected chi connectivity index (χ0v) is 14.7. The fourth-order valence-electron chi connectivity index (χ4n) is 2.73. The first-order valence-electron chi connectivity index (χ1n) is 7.45. The van der Waals surface area contributed by atoms with Gasteiger partial charge in [-0.3, -0.25) is 4.79 Å². The molecule has 2 aromatic heterocycles. The van der Waals surface area contributed by atoms with Gasteiger partial charge in [-0.2, -0.15) is 0 Å². The molecule has 4 rings (SSSR count). The van der Waals surface area contributed by atoms with Crippen molar-refractivity contribution in [1.29, 1.82) is 0 Å². The van der Waals surface area contributed by atoms with E-state index in [1.165, 1.54) is 0 Å². The summed E-state index contributed by atoms with van der Waals surface area (Å²) in [5, 5.41) is 3.74. The van der Waals surface area contributed by atoms with Crippen molar-refractivity contribution < 1.29 is 9.21 Å². The first-order valence-corrected chi connectivity index (χ1v) is 8.25. The van der Waals surface area contributed by atoms with E-state index >= 15 is 0 Å². The topological polar surface area (TPSA) is 60.1 Å². The van der Waals surface area contributed by atoms with Crippen molar-refractivity contribution in [3.63, 3.8) is 0 Å². The number of benzene rings is 2. The summed E-state index contributed by atoms with van der Waals surface area (Å²) in [5.41, 5.74) is 3.23. The van der Waals surface area contributed by atoms with Crippen molar-refractivity contribution >= 4 is 49.5 Å². The van der Waals surface area contributed by atoms with Crippen LogP contribution in [0.5, 0.6) is 0 Å². The van der Waals surface area contributed by atoms with Gasteiger partial charge in [0.2, 0.25) is 0 Å². The lowest BCUT2D eigenvalue weighted by molar-refractivity contribution is 0.0998. The quantitative estimate of drug-likeness (QED) is 0.548. The number of anilines is 1. The van der Waals surface area contributed by atoms with E-state index in [-0.39, 0.29) is 11.7 Å². The molecule has 0 bridgehead atoms. The van der Waals surface area contributed by atoms with E-state index in [1.54, 1.807) is 6.07 Å². The van der Waals surface area contributed by atoms with Gasteiger partial charge in [0.05, 0.1) is 11.0 Å². The number of nitrogens with one attached hydrogen (secondary N) is 1. The van der Waals surface area contributed by atoms with E-state index in [4.69, 9.17) is 4.42 Å². The molecule has 24 heavy (non-hydrogen) atoms. The van der Waals surface area contributed by atoms with E-state index in [2.05, 4.69) is 26.2 Å². The van der Waals surface area contributed by atoms with Crippen LogP contribution in [0.3, 0.4) is 0 Å². The molecular weight excluding hydrogens is 370 g/mol. The molecule has 120 valence electrons. The number of hydrogen-bond acceptors (Lipinski definition) is 3. The molecule has 1 N–H and O–H groups in total. The highest BCUT2D eigenvalue weighted by molar-refractivity contribution is 9.10. The number of fused-ring (bicyclic) bond motifs is 2. The van der Waals surface area contributed by atoms with Crippen LogP contribution in [0.1, 0.15) is 16.4 Å². The smallest absolute Gasteiger partial charge is 0.291 e. The molecule has 0 fully saturated rings. The molecule has 0 aliphatic heterocycles. The highest BCUT2D eigenvalue weighted by atomic mass is 79.9. The predicted octanol–water partition coefficient (Wildman–Crippen LogP) is 4.64. The maximum atomic E-state index is 12.5. The van der Waals surface area contributed by atoms with E-state index in [0.717, 1.165) is 26.7 Å². The molecule has 0 aliphatic carbocycles. The number of imidazole rings is 1. The van der Waals surface area contributed by atoms with Crippen molar-refractivity contribution in [2.24, 2.45) is 7.05 Å². The third-order valence-corrected chi connectivity index (χ3v) is 4.79. The molecule has 2 aromatic carbocycles. The summed E-state index contributed by atoms with van der Waals surface area (Å²) in [6.45, 7) is 1.95. The molecule has 0 unspecified atom stereocenters. The second-order valence-electron chi connectivity index (χ2n) is 5.64. The van der Waals surface area contributed by atoms with Crippen LogP contribution in [0.4, 0.5) is 5.69 Å². The van der Waals surface area contributed by atoms with Crippen LogP contribution in [0.2, 0.25) is 0 Å². The van der Waals surface area contributed by atoms with Crippen LogP contribution in [0.25, 0.3) is 22.0 Å². The minimum Gasteiger partial charge on any atom is -0.451 e. The Hall–Kier alpha value is -2.60. The highest BCUT2D eigenvalue weighted by Crippen LogP contribution is 2.27. The van der Waals surface area contributed by atoms with Crippen LogP contribution in [-0.2, 0) is 7.05 Å². The molecule has 0 radical (unpaired) electrons. The van der Waals surface area contributed by atoms with Crippen molar-refractivity contribution in [2.45, 2.75) is 6.92 Å². The lowest BCUT2D eigenvalue weighted by Crippen LogP contribution is -2.10. The third-order valence-electron chi connectivity index (χ3n) is 4.09. The van der Waals surface area contributed by atoms with Gasteiger partial charge < -0.3 is 14.3 Å².